The summed E-state index contributed by atoms with van der Waals surface area (Å²) in [7, 11) is 0. The van der Waals surface area contributed by atoms with Gasteiger partial charge in [0.05, 0.1) is 12.1 Å². The number of amides is 1. The maximum absolute atomic E-state index is 13.5. The normalized spacial score (nSPS) is 15.1. The van der Waals surface area contributed by atoms with Crippen molar-refractivity contribution in [3.8, 4) is 0 Å². The lowest BCUT2D eigenvalue weighted by atomic mass is 10.1. The minimum absolute atomic E-state index is 0.0368. The van der Waals surface area contributed by atoms with Gasteiger partial charge in [0.15, 0.2) is 23.1 Å². The SMILES string of the molecule is O=C(CN1CCN(C(=O)c2n[nH]c3cc(F)c(F)cc23)CC1)c1ccc(F)cc1. The van der Waals surface area contributed by atoms with Crippen molar-refractivity contribution in [1.29, 1.82) is 0 Å². The predicted octanol–water partition coefficient (Wildman–Crippen LogP) is 2.62. The minimum Gasteiger partial charge on any atom is -0.335 e. The summed E-state index contributed by atoms with van der Waals surface area (Å²) in [5.74, 6) is -2.97. The first-order valence-corrected chi connectivity index (χ1v) is 9.06. The number of Topliss-reactive ketones (excluding diaryl/α,β-unsaturated/α-hetero) is 1. The number of benzene rings is 2. The average Bonchev–Trinajstić information content (AvgIpc) is 3.11. The lowest BCUT2D eigenvalue weighted by Gasteiger charge is -2.34. The third kappa shape index (κ3) is 3.86. The van der Waals surface area contributed by atoms with E-state index in [1.54, 1.807) is 4.90 Å². The molecular formula is C20H17F3N4O2. The van der Waals surface area contributed by atoms with E-state index in [-0.39, 0.29) is 34.8 Å². The fraction of sp³-hybridized carbons (Fsp3) is 0.250. The van der Waals surface area contributed by atoms with E-state index in [9.17, 15) is 22.8 Å². The summed E-state index contributed by atoms with van der Waals surface area (Å²) in [4.78, 5) is 28.5. The largest absolute Gasteiger partial charge is 0.335 e. The molecule has 1 aliphatic heterocycles. The molecule has 0 aliphatic carbocycles. The van der Waals surface area contributed by atoms with Crippen LogP contribution in [0.1, 0.15) is 20.8 Å². The zero-order valence-electron chi connectivity index (χ0n) is 15.3. The molecule has 0 bridgehead atoms. The van der Waals surface area contributed by atoms with Crippen molar-refractivity contribution in [2.75, 3.05) is 32.7 Å². The second-order valence-electron chi connectivity index (χ2n) is 6.88. The number of H-pyrrole nitrogens is 1. The van der Waals surface area contributed by atoms with Crippen LogP contribution in [0.15, 0.2) is 36.4 Å². The van der Waals surface area contributed by atoms with Gasteiger partial charge in [0.1, 0.15) is 5.82 Å². The fourth-order valence-electron chi connectivity index (χ4n) is 3.36. The van der Waals surface area contributed by atoms with Gasteiger partial charge in [-0.05, 0) is 30.3 Å². The molecule has 2 heterocycles. The molecule has 0 spiro atoms. The zero-order valence-corrected chi connectivity index (χ0v) is 15.3. The topological polar surface area (TPSA) is 69.3 Å². The van der Waals surface area contributed by atoms with Gasteiger partial charge in [0.25, 0.3) is 5.91 Å². The van der Waals surface area contributed by atoms with Gasteiger partial charge in [0, 0.05) is 43.2 Å². The Morgan fingerprint density at radius 2 is 1.62 bits per heavy atom. The number of ketones is 1. The van der Waals surface area contributed by atoms with Crippen LogP contribution in [-0.2, 0) is 0 Å². The molecule has 6 nitrogen and oxygen atoms in total. The summed E-state index contributed by atoms with van der Waals surface area (Å²) >= 11 is 0. The summed E-state index contributed by atoms with van der Waals surface area (Å²) < 4.78 is 39.9. The van der Waals surface area contributed by atoms with Crippen LogP contribution in [0.2, 0.25) is 0 Å². The molecule has 4 rings (SSSR count). The third-order valence-corrected chi connectivity index (χ3v) is 5.00. The second-order valence-corrected chi connectivity index (χ2v) is 6.88. The van der Waals surface area contributed by atoms with Crippen molar-refractivity contribution in [1.82, 2.24) is 20.0 Å². The maximum Gasteiger partial charge on any atom is 0.275 e. The molecule has 1 N–H and O–H groups in total. The molecule has 3 aromatic rings. The lowest BCUT2D eigenvalue weighted by molar-refractivity contribution is 0.0621. The van der Waals surface area contributed by atoms with Crippen molar-refractivity contribution in [3.05, 3.63) is 65.1 Å². The Balaban J connectivity index is 1.39. The number of aromatic nitrogens is 2. The van der Waals surface area contributed by atoms with E-state index in [4.69, 9.17) is 0 Å². The number of piperazine rings is 1. The molecule has 0 unspecified atom stereocenters. The number of carbonyl (C=O) groups is 2. The van der Waals surface area contributed by atoms with Crippen LogP contribution in [0, 0.1) is 17.5 Å². The van der Waals surface area contributed by atoms with Crippen molar-refractivity contribution in [2.45, 2.75) is 0 Å². The summed E-state index contributed by atoms with van der Waals surface area (Å²) in [6.07, 6.45) is 0. The van der Waals surface area contributed by atoms with Gasteiger partial charge in [-0.3, -0.25) is 19.6 Å². The molecular weight excluding hydrogens is 385 g/mol. The second kappa shape index (κ2) is 7.67. The molecule has 150 valence electrons. The molecule has 0 saturated carbocycles. The zero-order chi connectivity index (χ0) is 20.5. The van der Waals surface area contributed by atoms with Crippen molar-refractivity contribution in [2.24, 2.45) is 0 Å². The number of rotatable bonds is 4. The van der Waals surface area contributed by atoms with E-state index in [1.165, 1.54) is 24.3 Å². The van der Waals surface area contributed by atoms with Crippen LogP contribution in [0.25, 0.3) is 10.9 Å². The van der Waals surface area contributed by atoms with Crippen molar-refractivity contribution in [3.63, 3.8) is 0 Å². The number of nitrogens with one attached hydrogen (secondary N) is 1. The Kier molecular flexibility index (Phi) is 5.06. The quantitative estimate of drug-likeness (QED) is 0.682. The van der Waals surface area contributed by atoms with Crippen LogP contribution >= 0.6 is 0 Å². The standard InChI is InChI=1S/C20H17F3N4O2/c21-13-3-1-12(2-4-13)18(28)11-26-5-7-27(8-6-26)20(29)19-14-9-15(22)16(23)10-17(14)24-25-19/h1-4,9-10H,5-8,11H2,(H,24,25). The molecule has 29 heavy (non-hydrogen) atoms. The van der Waals surface area contributed by atoms with E-state index in [2.05, 4.69) is 10.2 Å². The maximum atomic E-state index is 13.5. The van der Waals surface area contributed by atoms with Crippen LogP contribution in [0.3, 0.4) is 0 Å². The molecule has 1 saturated heterocycles. The number of halogens is 3. The van der Waals surface area contributed by atoms with Gasteiger partial charge >= 0.3 is 0 Å². The van der Waals surface area contributed by atoms with Gasteiger partial charge in [-0.15, -0.1) is 0 Å². The highest BCUT2D eigenvalue weighted by Crippen LogP contribution is 2.21. The molecule has 1 fully saturated rings. The predicted molar refractivity (Wildman–Crippen MR) is 99.1 cm³/mol. The van der Waals surface area contributed by atoms with Crippen molar-refractivity contribution >= 4 is 22.6 Å². The lowest BCUT2D eigenvalue weighted by Crippen LogP contribution is -2.50. The Bertz CT molecular complexity index is 1070. The van der Waals surface area contributed by atoms with Crippen LogP contribution in [0.5, 0.6) is 0 Å². The summed E-state index contributed by atoms with van der Waals surface area (Å²) in [6.45, 7) is 1.86. The van der Waals surface area contributed by atoms with E-state index in [1.807, 2.05) is 4.90 Å². The Hall–Kier alpha value is -3.20. The number of carbonyl (C=O) groups excluding carboxylic acids is 2. The summed E-state index contributed by atoms with van der Waals surface area (Å²) in [5, 5.41) is 6.69. The fourth-order valence-corrected chi connectivity index (χ4v) is 3.36. The Labute approximate surface area is 163 Å². The molecule has 1 aromatic heterocycles. The molecule has 1 amide bonds. The highest BCUT2D eigenvalue weighted by Gasteiger charge is 2.26. The van der Waals surface area contributed by atoms with Gasteiger partial charge < -0.3 is 4.90 Å². The number of nitrogens with zero attached hydrogens (tertiary/aromatic N) is 3. The highest BCUT2D eigenvalue weighted by atomic mass is 19.2. The first kappa shape index (κ1) is 19.1. The Morgan fingerprint density at radius 3 is 2.31 bits per heavy atom. The van der Waals surface area contributed by atoms with Gasteiger partial charge in [-0.25, -0.2) is 13.2 Å². The number of fused-ring (bicyclic) bond motifs is 1. The van der Waals surface area contributed by atoms with E-state index in [0.717, 1.165) is 12.1 Å². The van der Waals surface area contributed by atoms with Crippen LogP contribution in [0.4, 0.5) is 13.2 Å². The minimum atomic E-state index is -1.04. The third-order valence-electron chi connectivity index (χ3n) is 5.00. The van der Waals surface area contributed by atoms with E-state index in [0.29, 0.717) is 31.7 Å². The van der Waals surface area contributed by atoms with Crippen LogP contribution in [-0.4, -0.2) is 64.4 Å². The van der Waals surface area contributed by atoms with Crippen molar-refractivity contribution < 1.29 is 22.8 Å². The highest BCUT2D eigenvalue weighted by molar-refractivity contribution is 6.04. The monoisotopic (exact) mass is 402 g/mol. The number of hydrogen-bond acceptors (Lipinski definition) is 4. The molecule has 9 heteroatoms. The van der Waals surface area contributed by atoms with Gasteiger partial charge in [-0.2, -0.15) is 5.10 Å². The smallest absolute Gasteiger partial charge is 0.275 e. The summed E-state index contributed by atoms with van der Waals surface area (Å²) in [5.41, 5.74) is 0.715. The Morgan fingerprint density at radius 1 is 0.966 bits per heavy atom. The van der Waals surface area contributed by atoms with E-state index < -0.39 is 17.5 Å². The average molecular weight is 402 g/mol. The first-order valence-electron chi connectivity index (χ1n) is 9.06. The summed E-state index contributed by atoms with van der Waals surface area (Å²) in [6, 6.07) is 7.30. The van der Waals surface area contributed by atoms with Gasteiger partial charge in [0.2, 0.25) is 0 Å². The van der Waals surface area contributed by atoms with Gasteiger partial charge in [-0.1, -0.05) is 0 Å². The van der Waals surface area contributed by atoms with E-state index >= 15 is 0 Å². The molecule has 2 aromatic carbocycles. The number of hydrogen-bond donors (Lipinski definition) is 1. The number of aromatic amines is 1. The molecule has 0 radical (unpaired) electrons. The first-order chi connectivity index (χ1) is 13.9. The van der Waals surface area contributed by atoms with Crippen LogP contribution < -0.4 is 0 Å². The molecule has 0 atom stereocenters. The molecule has 1 aliphatic rings.